The van der Waals surface area contributed by atoms with Gasteiger partial charge in [0.25, 0.3) is 0 Å². The molecule has 2 atom stereocenters. The summed E-state index contributed by atoms with van der Waals surface area (Å²) in [5, 5.41) is 4.55. The molecule has 3 rings (SSSR count). The van der Waals surface area contributed by atoms with Gasteiger partial charge in [0.15, 0.2) is 0 Å². The van der Waals surface area contributed by atoms with Crippen molar-refractivity contribution in [2.24, 2.45) is 5.92 Å². The summed E-state index contributed by atoms with van der Waals surface area (Å²) in [6.45, 7) is 2.22. The third-order valence-electron chi connectivity index (χ3n) is 3.87. The molecule has 0 bridgehead atoms. The van der Waals surface area contributed by atoms with Gasteiger partial charge in [0.05, 0.1) is 6.26 Å². The van der Waals surface area contributed by atoms with Gasteiger partial charge in [-0.3, -0.25) is 0 Å². The fraction of sp³-hybridized carbons (Fsp3) is 0.412. The molecule has 1 aliphatic carbocycles. The van der Waals surface area contributed by atoms with Crippen molar-refractivity contribution in [3.05, 3.63) is 59.0 Å². The van der Waals surface area contributed by atoms with Crippen molar-refractivity contribution >= 4 is 11.6 Å². The molecule has 106 valence electrons. The molecule has 2 nitrogen and oxygen atoms in total. The number of benzene rings is 1. The molecule has 0 saturated heterocycles. The second-order valence-electron chi connectivity index (χ2n) is 5.72. The Balaban J connectivity index is 1.66. The maximum Gasteiger partial charge on any atom is 0.105 e. The second kappa shape index (κ2) is 6.02. The molecular formula is C17H20ClNO. The lowest BCUT2D eigenvalue weighted by Gasteiger charge is -2.23. The Morgan fingerprint density at radius 3 is 2.60 bits per heavy atom. The summed E-state index contributed by atoms with van der Waals surface area (Å²) in [7, 11) is 0. The SMILES string of the molecule is CC(Cc1ccco1)NC(c1ccc(Cl)cc1)C1CC1. The van der Waals surface area contributed by atoms with Crippen LogP contribution in [-0.4, -0.2) is 6.04 Å². The van der Waals surface area contributed by atoms with E-state index in [1.807, 2.05) is 24.3 Å². The molecule has 0 radical (unpaired) electrons. The molecule has 2 aromatic rings. The zero-order valence-electron chi connectivity index (χ0n) is 11.7. The van der Waals surface area contributed by atoms with Crippen LogP contribution in [0.4, 0.5) is 0 Å². The largest absolute Gasteiger partial charge is 0.469 e. The molecule has 1 N–H and O–H groups in total. The van der Waals surface area contributed by atoms with E-state index < -0.39 is 0 Å². The fourth-order valence-electron chi connectivity index (χ4n) is 2.70. The van der Waals surface area contributed by atoms with E-state index in [9.17, 15) is 0 Å². The Bertz CT molecular complexity index is 531. The predicted molar refractivity (Wildman–Crippen MR) is 81.9 cm³/mol. The Morgan fingerprint density at radius 2 is 2.00 bits per heavy atom. The molecule has 2 unspecified atom stereocenters. The Morgan fingerprint density at radius 1 is 1.25 bits per heavy atom. The van der Waals surface area contributed by atoms with Gasteiger partial charge in [-0.1, -0.05) is 23.7 Å². The third-order valence-corrected chi connectivity index (χ3v) is 4.13. The number of furan rings is 1. The number of nitrogens with one attached hydrogen (secondary N) is 1. The van der Waals surface area contributed by atoms with E-state index in [2.05, 4.69) is 24.4 Å². The van der Waals surface area contributed by atoms with Gasteiger partial charge in [0.1, 0.15) is 5.76 Å². The van der Waals surface area contributed by atoms with Crippen molar-refractivity contribution in [1.29, 1.82) is 0 Å². The van der Waals surface area contributed by atoms with E-state index in [-0.39, 0.29) is 0 Å². The minimum atomic E-state index is 0.391. The number of hydrogen-bond acceptors (Lipinski definition) is 2. The maximum atomic E-state index is 5.98. The third kappa shape index (κ3) is 3.44. The second-order valence-corrected chi connectivity index (χ2v) is 6.15. The van der Waals surface area contributed by atoms with E-state index in [0.717, 1.165) is 23.1 Å². The topological polar surface area (TPSA) is 25.2 Å². The van der Waals surface area contributed by atoms with Gasteiger partial charge in [0, 0.05) is 23.5 Å². The predicted octanol–water partition coefficient (Wildman–Crippen LogP) is 4.60. The van der Waals surface area contributed by atoms with Crippen LogP contribution in [-0.2, 0) is 6.42 Å². The Labute approximate surface area is 125 Å². The number of hydrogen-bond donors (Lipinski definition) is 1. The molecule has 1 fully saturated rings. The first-order valence-corrected chi connectivity index (χ1v) is 7.64. The van der Waals surface area contributed by atoms with E-state index in [4.69, 9.17) is 16.0 Å². The van der Waals surface area contributed by atoms with Gasteiger partial charge >= 0.3 is 0 Å². The molecule has 3 heteroatoms. The lowest BCUT2D eigenvalue weighted by Crippen LogP contribution is -2.33. The van der Waals surface area contributed by atoms with E-state index in [1.165, 1.54) is 18.4 Å². The lowest BCUT2D eigenvalue weighted by molar-refractivity contribution is 0.393. The molecular weight excluding hydrogens is 270 g/mol. The van der Waals surface area contributed by atoms with Gasteiger partial charge in [0.2, 0.25) is 0 Å². The smallest absolute Gasteiger partial charge is 0.105 e. The van der Waals surface area contributed by atoms with Crippen LogP contribution in [0.25, 0.3) is 0 Å². The summed E-state index contributed by atoms with van der Waals surface area (Å²) in [6, 6.07) is 13.0. The summed E-state index contributed by atoms with van der Waals surface area (Å²) < 4.78 is 5.43. The standard InChI is InChI=1S/C17H20ClNO/c1-12(11-16-3-2-10-20-16)19-17(13-4-5-13)14-6-8-15(18)9-7-14/h2-3,6-10,12-13,17,19H,4-5,11H2,1H3. The van der Waals surface area contributed by atoms with E-state index in [0.29, 0.717) is 12.1 Å². The average Bonchev–Trinajstić information content (AvgIpc) is 3.16. The van der Waals surface area contributed by atoms with Crippen molar-refractivity contribution in [3.8, 4) is 0 Å². The van der Waals surface area contributed by atoms with Crippen LogP contribution in [0, 0.1) is 5.92 Å². The van der Waals surface area contributed by atoms with Gasteiger partial charge in [-0.15, -0.1) is 0 Å². The highest BCUT2D eigenvalue weighted by molar-refractivity contribution is 6.30. The van der Waals surface area contributed by atoms with Crippen LogP contribution < -0.4 is 5.32 Å². The highest BCUT2D eigenvalue weighted by Crippen LogP contribution is 2.41. The van der Waals surface area contributed by atoms with Crippen molar-refractivity contribution in [3.63, 3.8) is 0 Å². The molecule has 20 heavy (non-hydrogen) atoms. The van der Waals surface area contributed by atoms with Crippen LogP contribution in [0.2, 0.25) is 5.02 Å². The van der Waals surface area contributed by atoms with Gasteiger partial charge in [-0.2, -0.15) is 0 Å². The molecule has 1 aromatic heterocycles. The van der Waals surface area contributed by atoms with Crippen LogP contribution in [0.5, 0.6) is 0 Å². The molecule has 1 saturated carbocycles. The Hall–Kier alpha value is -1.25. The van der Waals surface area contributed by atoms with Crippen LogP contribution in [0.15, 0.2) is 47.1 Å². The summed E-state index contributed by atoms with van der Waals surface area (Å²) in [5.41, 5.74) is 1.34. The highest BCUT2D eigenvalue weighted by Gasteiger charge is 2.32. The molecule has 0 amide bonds. The number of rotatable bonds is 6. The first-order valence-electron chi connectivity index (χ1n) is 7.26. The first kappa shape index (κ1) is 13.7. The Kier molecular flexibility index (Phi) is 4.13. The zero-order valence-corrected chi connectivity index (χ0v) is 12.4. The van der Waals surface area contributed by atoms with Crippen molar-refractivity contribution in [2.45, 2.75) is 38.3 Å². The van der Waals surface area contributed by atoms with Crippen molar-refractivity contribution in [1.82, 2.24) is 5.32 Å². The lowest BCUT2D eigenvalue weighted by atomic mass is 10.0. The zero-order chi connectivity index (χ0) is 13.9. The van der Waals surface area contributed by atoms with Crippen molar-refractivity contribution < 1.29 is 4.42 Å². The molecule has 1 heterocycles. The van der Waals surface area contributed by atoms with Crippen molar-refractivity contribution in [2.75, 3.05) is 0 Å². The minimum absolute atomic E-state index is 0.391. The van der Waals surface area contributed by atoms with Crippen LogP contribution in [0.3, 0.4) is 0 Å². The van der Waals surface area contributed by atoms with Gasteiger partial charge < -0.3 is 9.73 Å². The first-order chi connectivity index (χ1) is 9.72. The normalized spacial score (nSPS) is 17.9. The highest BCUT2D eigenvalue weighted by atomic mass is 35.5. The summed E-state index contributed by atoms with van der Waals surface area (Å²) in [5.74, 6) is 1.80. The van der Waals surface area contributed by atoms with E-state index in [1.54, 1.807) is 6.26 Å². The molecule has 1 aliphatic rings. The quantitative estimate of drug-likeness (QED) is 0.840. The van der Waals surface area contributed by atoms with Crippen LogP contribution >= 0.6 is 11.6 Å². The molecule has 1 aromatic carbocycles. The molecule has 0 spiro atoms. The minimum Gasteiger partial charge on any atom is -0.469 e. The van der Waals surface area contributed by atoms with E-state index >= 15 is 0 Å². The summed E-state index contributed by atoms with van der Waals surface area (Å²) in [4.78, 5) is 0. The fourth-order valence-corrected chi connectivity index (χ4v) is 2.83. The monoisotopic (exact) mass is 289 g/mol. The molecule has 0 aliphatic heterocycles. The average molecular weight is 290 g/mol. The summed E-state index contributed by atoms with van der Waals surface area (Å²) in [6.07, 6.45) is 5.28. The summed E-state index contributed by atoms with van der Waals surface area (Å²) >= 11 is 5.98. The maximum absolute atomic E-state index is 5.98. The van der Waals surface area contributed by atoms with Crippen LogP contribution in [0.1, 0.15) is 37.1 Å². The number of halogens is 1. The van der Waals surface area contributed by atoms with Gasteiger partial charge in [-0.05, 0) is 55.5 Å². The van der Waals surface area contributed by atoms with Gasteiger partial charge in [-0.25, -0.2) is 0 Å².